The molecule has 2 aromatic rings. The van der Waals surface area contributed by atoms with E-state index in [1.54, 1.807) is 24.3 Å². The summed E-state index contributed by atoms with van der Waals surface area (Å²) in [5.41, 5.74) is 1.58. The minimum Gasteiger partial charge on any atom is -0.478 e. The molecule has 0 saturated carbocycles. The Morgan fingerprint density at radius 3 is 1.79 bits per heavy atom. The Kier molecular flexibility index (Phi) is 9.42. The van der Waals surface area contributed by atoms with Crippen LogP contribution >= 0.6 is 0 Å². The van der Waals surface area contributed by atoms with E-state index in [9.17, 15) is 19.8 Å². The monoisotopic (exact) mass is 396 g/mol. The minimum atomic E-state index is -1.20. The predicted octanol–water partition coefficient (Wildman–Crippen LogP) is 6.82. The number of carbonyl (C=O) groups is 2. The topological polar surface area (TPSA) is 74.6 Å². The molecule has 0 fully saturated rings. The quantitative estimate of drug-likeness (QED) is 0.364. The molecular formula is C25H32O4. The Morgan fingerprint density at radius 1 is 0.690 bits per heavy atom. The van der Waals surface area contributed by atoms with Crippen molar-refractivity contribution in [3.8, 4) is 11.1 Å². The van der Waals surface area contributed by atoms with Crippen molar-refractivity contribution in [2.45, 2.75) is 71.1 Å². The molecular weight excluding hydrogens is 364 g/mol. The van der Waals surface area contributed by atoms with Crippen molar-refractivity contribution in [1.29, 1.82) is 0 Å². The highest BCUT2D eigenvalue weighted by atomic mass is 16.4. The van der Waals surface area contributed by atoms with E-state index in [0.29, 0.717) is 23.1 Å². The van der Waals surface area contributed by atoms with E-state index in [1.165, 1.54) is 38.5 Å². The third-order valence-electron chi connectivity index (χ3n) is 5.35. The Balaban J connectivity index is 2.06. The normalized spacial score (nSPS) is 10.8. The molecule has 4 nitrogen and oxygen atoms in total. The van der Waals surface area contributed by atoms with Crippen LogP contribution in [0.2, 0.25) is 0 Å². The summed E-state index contributed by atoms with van der Waals surface area (Å²) in [5.74, 6) is -2.37. The molecule has 29 heavy (non-hydrogen) atoms. The van der Waals surface area contributed by atoms with Gasteiger partial charge in [0.25, 0.3) is 0 Å². The molecule has 0 bridgehead atoms. The molecule has 2 aromatic carbocycles. The van der Waals surface area contributed by atoms with Crippen molar-refractivity contribution in [2.75, 3.05) is 0 Å². The molecule has 0 unspecified atom stereocenters. The summed E-state index contributed by atoms with van der Waals surface area (Å²) in [6.07, 6.45) is 11.3. The number of hydrogen-bond acceptors (Lipinski definition) is 2. The summed E-state index contributed by atoms with van der Waals surface area (Å²) in [6, 6.07) is 12.6. The van der Waals surface area contributed by atoms with E-state index in [-0.39, 0.29) is 11.1 Å². The zero-order chi connectivity index (χ0) is 21.1. The average molecular weight is 397 g/mol. The van der Waals surface area contributed by atoms with Crippen molar-refractivity contribution in [3.05, 3.63) is 59.2 Å². The highest BCUT2D eigenvalue weighted by Gasteiger charge is 2.24. The third kappa shape index (κ3) is 6.74. The molecule has 0 amide bonds. The highest BCUT2D eigenvalue weighted by Crippen LogP contribution is 2.30. The van der Waals surface area contributed by atoms with Gasteiger partial charge in [0.15, 0.2) is 0 Å². The maximum atomic E-state index is 11.9. The molecule has 0 aliphatic carbocycles. The van der Waals surface area contributed by atoms with Gasteiger partial charge in [0.2, 0.25) is 0 Å². The second-order valence-corrected chi connectivity index (χ2v) is 7.58. The number of carboxylic acid groups (broad SMARTS) is 2. The zero-order valence-electron chi connectivity index (χ0n) is 17.3. The fraction of sp³-hybridized carbons (Fsp3) is 0.440. The number of carboxylic acids is 2. The van der Waals surface area contributed by atoms with E-state index < -0.39 is 11.9 Å². The van der Waals surface area contributed by atoms with Crippen LogP contribution in [0.1, 0.15) is 91.0 Å². The molecule has 156 valence electrons. The number of aromatic carboxylic acids is 2. The van der Waals surface area contributed by atoms with Gasteiger partial charge in [-0.1, -0.05) is 101 Å². The second-order valence-electron chi connectivity index (χ2n) is 7.58. The van der Waals surface area contributed by atoms with Crippen LogP contribution in [0, 0.1) is 0 Å². The van der Waals surface area contributed by atoms with Crippen LogP contribution in [0.3, 0.4) is 0 Å². The van der Waals surface area contributed by atoms with Gasteiger partial charge in [0.1, 0.15) is 0 Å². The Hall–Kier alpha value is -2.62. The van der Waals surface area contributed by atoms with E-state index in [0.717, 1.165) is 19.3 Å². The number of unbranched alkanes of at least 4 members (excludes halogenated alkanes) is 8. The van der Waals surface area contributed by atoms with Gasteiger partial charge in [-0.25, -0.2) is 9.59 Å². The SMILES string of the molecule is CCCCCCCCCCCc1ccc(-c2ccccc2)c(C(=O)O)c1C(=O)O. The lowest BCUT2D eigenvalue weighted by Gasteiger charge is -2.14. The van der Waals surface area contributed by atoms with Crippen LogP contribution in [0.25, 0.3) is 11.1 Å². The van der Waals surface area contributed by atoms with Crippen molar-refractivity contribution < 1.29 is 19.8 Å². The van der Waals surface area contributed by atoms with Crippen molar-refractivity contribution in [2.24, 2.45) is 0 Å². The smallest absolute Gasteiger partial charge is 0.337 e. The number of rotatable bonds is 13. The Labute approximate surface area is 173 Å². The molecule has 2 rings (SSSR count). The van der Waals surface area contributed by atoms with E-state index in [4.69, 9.17) is 0 Å². The van der Waals surface area contributed by atoms with Gasteiger partial charge >= 0.3 is 11.9 Å². The molecule has 0 aromatic heterocycles. The molecule has 4 heteroatoms. The maximum absolute atomic E-state index is 11.9. The van der Waals surface area contributed by atoms with Crippen LogP contribution < -0.4 is 0 Å². The summed E-state index contributed by atoms with van der Waals surface area (Å²) in [7, 11) is 0. The maximum Gasteiger partial charge on any atom is 0.337 e. The highest BCUT2D eigenvalue weighted by molar-refractivity contribution is 6.07. The zero-order valence-corrected chi connectivity index (χ0v) is 17.3. The fourth-order valence-corrected chi connectivity index (χ4v) is 3.80. The van der Waals surface area contributed by atoms with Crippen molar-refractivity contribution in [1.82, 2.24) is 0 Å². The van der Waals surface area contributed by atoms with Crippen LogP contribution in [0.4, 0.5) is 0 Å². The van der Waals surface area contributed by atoms with Gasteiger partial charge in [0, 0.05) is 0 Å². The second kappa shape index (κ2) is 12.1. The van der Waals surface area contributed by atoms with E-state index in [2.05, 4.69) is 6.92 Å². The van der Waals surface area contributed by atoms with Gasteiger partial charge in [-0.15, -0.1) is 0 Å². The average Bonchev–Trinajstić information content (AvgIpc) is 2.72. The lowest BCUT2D eigenvalue weighted by Crippen LogP contribution is -2.13. The molecule has 0 heterocycles. The first-order chi connectivity index (χ1) is 14.1. The number of hydrogen-bond donors (Lipinski definition) is 2. The van der Waals surface area contributed by atoms with Crippen LogP contribution in [0.5, 0.6) is 0 Å². The summed E-state index contributed by atoms with van der Waals surface area (Å²) < 4.78 is 0. The van der Waals surface area contributed by atoms with Crippen molar-refractivity contribution in [3.63, 3.8) is 0 Å². The van der Waals surface area contributed by atoms with E-state index in [1.807, 2.05) is 18.2 Å². The van der Waals surface area contributed by atoms with Gasteiger partial charge in [-0.05, 0) is 29.5 Å². The molecule has 0 radical (unpaired) electrons. The van der Waals surface area contributed by atoms with Gasteiger partial charge < -0.3 is 10.2 Å². The first kappa shape index (κ1) is 22.7. The predicted molar refractivity (Wildman–Crippen MR) is 117 cm³/mol. The first-order valence-corrected chi connectivity index (χ1v) is 10.7. The largest absolute Gasteiger partial charge is 0.478 e. The molecule has 0 aliphatic heterocycles. The molecule has 2 N–H and O–H groups in total. The summed E-state index contributed by atoms with van der Waals surface area (Å²) in [4.78, 5) is 23.9. The van der Waals surface area contributed by atoms with Gasteiger partial charge in [0.05, 0.1) is 11.1 Å². The van der Waals surface area contributed by atoms with Crippen molar-refractivity contribution >= 4 is 11.9 Å². The lowest BCUT2D eigenvalue weighted by atomic mass is 9.90. The molecule has 0 spiro atoms. The van der Waals surface area contributed by atoms with Gasteiger partial charge in [-0.2, -0.15) is 0 Å². The Morgan fingerprint density at radius 2 is 1.24 bits per heavy atom. The van der Waals surface area contributed by atoms with Crippen LogP contribution in [0.15, 0.2) is 42.5 Å². The fourth-order valence-electron chi connectivity index (χ4n) is 3.80. The summed E-state index contributed by atoms with van der Waals surface area (Å²) in [5, 5.41) is 19.5. The van der Waals surface area contributed by atoms with Crippen LogP contribution in [-0.4, -0.2) is 22.2 Å². The molecule has 0 saturated heterocycles. The first-order valence-electron chi connectivity index (χ1n) is 10.7. The summed E-state index contributed by atoms with van der Waals surface area (Å²) in [6.45, 7) is 2.22. The summed E-state index contributed by atoms with van der Waals surface area (Å²) >= 11 is 0. The lowest BCUT2D eigenvalue weighted by molar-refractivity contribution is 0.0651. The van der Waals surface area contributed by atoms with E-state index >= 15 is 0 Å². The van der Waals surface area contributed by atoms with Crippen LogP contribution in [-0.2, 0) is 6.42 Å². The minimum absolute atomic E-state index is 0.0709. The van der Waals surface area contributed by atoms with Gasteiger partial charge in [-0.3, -0.25) is 0 Å². The number of aryl methyl sites for hydroxylation is 1. The molecule has 0 aliphatic rings. The third-order valence-corrected chi connectivity index (χ3v) is 5.35. The molecule has 0 atom stereocenters. The standard InChI is InChI=1S/C25H32O4/c1-2-3-4-5-6-7-8-9-11-16-20-17-18-21(19-14-12-10-13-15-19)23(25(28)29)22(20)24(26)27/h10,12-15,17-18H,2-9,11,16H2,1H3,(H,26,27)(H,28,29). The number of benzene rings is 2. The Bertz CT molecular complexity index is 796.